The number of ketones is 1. The first-order chi connectivity index (χ1) is 14.8. The molecule has 0 saturated carbocycles. The maximum Gasteiger partial charge on any atom is 0.323 e. The van der Waals surface area contributed by atoms with Crippen molar-refractivity contribution in [3.8, 4) is 0 Å². The number of aromatic nitrogens is 3. The SMILES string of the molecule is Nc1ncnn2c(Br)cc(C(=O)c3cccc(NC(=O)Nc4ccc(Cl)cc4Cl)c3)c12. The molecule has 2 aromatic carbocycles. The average molecular weight is 520 g/mol. The van der Waals surface area contributed by atoms with E-state index >= 15 is 0 Å². The van der Waals surface area contributed by atoms with Crippen LogP contribution in [0.15, 0.2) is 59.5 Å². The van der Waals surface area contributed by atoms with Crippen LogP contribution in [-0.2, 0) is 0 Å². The highest BCUT2D eigenvalue weighted by Gasteiger charge is 2.20. The standard InChI is InChI=1S/C20H13BrCl2N6O2/c21-16-8-13(17-19(24)25-9-26-29(16)17)18(30)10-2-1-3-12(6-10)27-20(31)28-15-5-4-11(22)7-14(15)23/h1-9H,(H2,24,25,26)(H2,27,28,31). The maximum absolute atomic E-state index is 13.1. The van der Waals surface area contributed by atoms with Gasteiger partial charge in [0.1, 0.15) is 16.4 Å². The Labute approximate surface area is 194 Å². The average Bonchev–Trinajstić information content (AvgIpc) is 3.08. The second-order valence-corrected chi connectivity index (χ2v) is 8.06. The number of nitrogens with two attached hydrogens (primary N) is 1. The number of anilines is 3. The zero-order valence-electron chi connectivity index (χ0n) is 15.6. The number of benzene rings is 2. The number of nitrogen functional groups attached to an aromatic ring is 1. The van der Waals surface area contributed by atoms with Crippen molar-refractivity contribution in [2.75, 3.05) is 16.4 Å². The Morgan fingerprint density at radius 3 is 2.65 bits per heavy atom. The van der Waals surface area contributed by atoms with Crippen molar-refractivity contribution in [3.05, 3.63) is 80.6 Å². The first-order valence-corrected chi connectivity index (χ1v) is 10.3. The molecule has 2 aromatic heterocycles. The number of hydrogen-bond donors (Lipinski definition) is 3. The van der Waals surface area contributed by atoms with Crippen LogP contribution in [-0.4, -0.2) is 26.4 Å². The van der Waals surface area contributed by atoms with Gasteiger partial charge in [-0.15, -0.1) is 0 Å². The molecule has 11 heteroatoms. The van der Waals surface area contributed by atoms with Gasteiger partial charge in [-0.1, -0.05) is 35.3 Å². The van der Waals surface area contributed by atoms with Crippen molar-refractivity contribution < 1.29 is 9.59 Å². The van der Waals surface area contributed by atoms with Crippen LogP contribution in [0.4, 0.5) is 22.0 Å². The van der Waals surface area contributed by atoms with E-state index in [1.54, 1.807) is 42.5 Å². The highest BCUT2D eigenvalue weighted by molar-refractivity contribution is 9.10. The summed E-state index contributed by atoms with van der Waals surface area (Å²) < 4.78 is 2.05. The molecule has 0 aliphatic heterocycles. The monoisotopic (exact) mass is 518 g/mol. The first-order valence-electron chi connectivity index (χ1n) is 8.79. The van der Waals surface area contributed by atoms with Gasteiger partial charge in [-0.05, 0) is 52.3 Å². The molecular weight excluding hydrogens is 507 g/mol. The number of amides is 2. The fourth-order valence-electron chi connectivity index (χ4n) is 2.97. The topological polar surface area (TPSA) is 114 Å². The molecule has 4 rings (SSSR count). The number of rotatable bonds is 4. The minimum absolute atomic E-state index is 0.178. The summed E-state index contributed by atoms with van der Waals surface area (Å²) in [4.78, 5) is 29.4. The van der Waals surface area contributed by atoms with E-state index < -0.39 is 6.03 Å². The normalized spacial score (nSPS) is 10.8. The zero-order valence-corrected chi connectivity index (χ0v) is 18.7. The summed E-state index contributed by atoms with van der Waals surface area (Å²) in [6.45, 7) is 0. The molecule has 0 bridgehead atoms. The van der Waals surface area contributed by atoms with Gasteiger partial charge in [-0.3, -0.25) is 4.79 Å². The summed E-state index contributed by atoms with van der Waals surface area (Å²) in [6.07, 6.45) is 1.30. The van der Waals surface area contributed by atoms with Gasteiger partial charge in [0.25, 0.3) is 0 Å². The van der Waals surface area contributed by atoms with Crippen molar-refractivity contribution in [2.45, 2.75) is 0 Å². The Morgan fingerprint density at radius 2 is 1.87 bits per heavy atom. The lowest BCUT2D eigenvalue weighted by molar-refractivity contribution is 0.104. The van der Waals surface area contributed by atoms with Crippen molar-refractivity contribution in [1.29, 1.82) is 0 Å². The van der Waals surface area contributed by atoms with Gasteiger partial charge in [-0.25, -0.2) is 14.3 Å². The van der Waals surface area contributed by atoms with Crippen LogP contribution >= 0.6 is 39.1 Å². The summed E-state index contributed by atoms with van der Waals surface area (Å²) in [5, 5.41) is 10.2. The highest BCUT2D eigenvalue weighted by atomic mass is 79.9. The minimum atomic E-state index is -0.525. The van der Waals surface area contributed by atoms with Crippen molar-refractivity contribution in [3.63, 3.8) is 0 Å². The molecule has 31 heavy (non-hydrogen) atoms. The Hall–Kier alpha value is -3.14. The summed E-state index contributed by atoms with van der Waals surface area (Å²) in [5.41, 5.74) is 7.85. The van der Waals surface area contributed by atoms with E-state index in [-0.39, 0.29) is 11.6 Å². The number of nitrogens with one attached hydrogen (secondary N) is 2. The van der Waals surface area contributed by atoms with E-state index in [1.807, 2.05) is 0 Å². The third-order valence-electron chi connectivity index (χ3n) is 4.35. The number of urea groups is 1. The summed E-state index contributed by atoms with van der Waals surface area (Å²) >= 11 is 15.3. The van der Waals surface area contributed by atoms with Crippen molar-refractivity contribution >= 4 is 73.7 Å². The fourth-order valence-corrected chi connectivity index (χ4v) is 3.93. The Balaban J connectivity index is 1.57. The van der Waals surface area contributed by atoms with Crippen molar-refractivity contribution in [2.24, 2.45) is 0 Å². The number of halogens is 3. The molecule has 0 fully saturated rings. The third-order valence-corrected chi connectivity index (χ3v) is 5.46. The van der Waals surface area contributed by atoms with Gasteiger partial charge in [0.05, 0.1) is 16.3 Å². The lowest BCUT2D eigenvalue weighted by Gasteiger charge is -2.10. The number of fused-ring (bicyclic) bond motifs is 1. The molecule has 4 N–H and O–H groups in total. The van der Waals surface area contributed by atoms with Crippen LogP contribution in [0.25, 0.3) is 5.52 Å². The predicted octanol–water partition coefficient (Wildman–Crippen LogP) is 5.26. The molecular formula is C20H13BrCl2N6O2. The Bertz CT molecular complexity index is 1340. The lowest BCUT2D eigenvalue weighted by Crippen LogP contribution is -2.19. The largest absolute Gasteiger partial charge is 0.382 e. The molecule has 0 saturated heterocycles. The summed E-state index contributed by atoms with van der Waals surface area (Å²) in [7, 11) is 0. The van der Waals surface area contributed by atoms with E-state index in [0.717, 1.165) is 0 Å². The summed E-state index contributed by atoms with van der Waals surface area (Å²) in [6, 6.07) is 12.3. The molecule has 0 atom stereocenters. The molecule has 4 aromatic rings. The second kappa shape index (κ2) is 8.54. The molecule has 0 spiro atoms. The van der Waals surface area contributed by atoms with Crippen LogP contribution in [0.3, 0.4) is 0 Å². The smallest absolute Gasteiger partial charge is 0.323 e. The molecule has 0 radical (unpaired) electrons. The van der Waals surface area contributed by atoms with Crippen molar-refractivity contribution in [1.82, 2.24) is 14.6 Å². The third kappa shape index (κ3) is 4.34. The lowest BCUT2D eigenvalue weighted by atomic mass is 10.0. The number of nitrogens with zero attached hydrogens (tertiary/aromatic N) is 3. The van der Waals surface area contributed by atoms with Crippen LogP contribution in [0.1, 0.15) is 15.9 Å². The van der Waals surface area contributed by atoms with Crippen LogP contribution in [0, 0.1) is 0 Å². The van der Waals surface area contributed by atoms with Gasteiger partial charge < -0.3 is 16.4 Å². The van der Waals surface area contributed by atoms with E-state index in [0.29, 0.717) is 42.7 Å². The van der Waals surface area contributed by atoms with E-state index in [2.05, 4.69) is 36.6 Å². The summed E-state index contributed by atoms with van der Waals surface area (Å²) in [5.74, 6) is -0.118. The van der Waals surface area contributed by atoms with Crippen LogP contribution in [0.2, 0.25) is 10.0 Å². The molecule has 2 heterocycles. The zero-order chi connectivity index (χ0) is 22.1. The minimum Gasteiger partial charge on any atom is -0.382 e. The van der Waals surface area contributed by atoms with Gasteiger partial charge in [-0.2, -0.15) is 5.10 Å². The second-order valence-electron chi connectivity index (χ2n) is 6.40. The molecule has 0 aliphatic carbocycles. The van der Waals surface area contributed by atoms with Gasteiger partial charge in [0.15, 0.2) is 11.6 Å². The van der Waals surface area contributed by atoms with E-state index in [4.69, 9.17) is 28.9 Å². The molecule has 8 nitrogen and oxygen atoms in total. The van der Waals surface area contributed by atoms with Gasteiger partial charge >= 0.3 is 6.03 Å². The van der Waals surface area contributed by atoms with Crippen LogP contribution < -0.4 is 16.4 Å². The Kier molecular flexibility index (Phi) is 5.81. The predicted molar refractivity (Wildman–Crippen MR) is 124 cm³/mol. The number of carbonyl (C=O) groups excluding carboxylic acids is 2. The molecule has 0 unspecified atom stereocenters. The quantitative estimate of drug-likeness (QED) is 0.318. The van der Waals surface area contributed by atoms with Gasteiger partial charge in [0.2, 0.25) is 0 Å². The highest BCUT2D eigenvalue weighted by Crippen LogP contribution is 2.27. The molecule has 156 valence electrons. The molecule has 2 amide bonds. The fraction of sp³-hybridized carbons (Fsp3) is 0. The van der Waals surface area contributed by atoms with Crippen LogP contribution in [0.5, 0.6) is 0 Å². The maximum atomic E-state index is 13.1. The van der Waals surface area contributed by atoms with E-state index in [9.17, 15) is 9.59 Å². The Morgan fingerprint density at radius 1 is 1.06 bits per heavy atom. The van der Waals surface area contributed by atoms with Gasteiger partial charge in [0, 0.05) is 16.3 Å². The first kappa shape index (κ1) is 21.1. The van der Waals surface area contributed by atoms with E-state index in [1.165, 1.54) is 16.9 Å². The number of carbonyl (C=O) groups is 2. The molecule has 0 aliphatic rings. The number of hydrogen-bond acceptors (Lipinski definition) is 5.